The van der Waals surface area contributed by atoms with Crippen molar-refractivity contribution in [3.63, 3.8) is 0 Å². The molecule has 1 aromatic rings. The molecule has 20 heavy (non-hydrogen) atoms. The van der Waals surface area contributed by atoms with E-state index in [2.05, 4.69) is 16.9 Å². The fourth-order valence-corrected chi connectivity index (χ4v) is 3.89. The molecule has 2 aliphatic rings. The lowest BCUT2D eigenvalue weighted by molar-refractivity contribution is 0.0724. The first kappa shape index (κ1) is 14.0. The maximum atomic E-state index is 12.3. The Morgan fingerprint density at radius 3 is 2.40 bits per heavy atom. The van der Waals surface area contributed by atoms with E-state index in [0.717, 1.165) is 12.8 Å². The second-order valence-electron chi connectivity index (χ2n) is 5.48. The van der Waals surface area contributed by atoms with Gasteiger partial charge < -0.3 is 4.74 Å². The average Bonchev–Trinajstić information content (AvgIpc) is 3.29. The molecule has 1 aromatic carbocycles. The molecule has 1 saturated heterocycles. The molecule has 2 fully saturated rings. The molecule has 6 heteroatoms. The third-order valence-electron chi connectivity index (χ3n) is 4.14. The van der Waals surface area contributed by atoms with E-state index >= 15 is 0 Å². The van der Waals surface area contributed by atoms with Crippen molar-refractivity contribution in [2.75, 3.05) is 32.8 Å². The zero-order chi connectivity index (χ0) is 14.1. The van der Waals surface area contributed by atoms with Gasteiger partial charge in [0.15, 0.2) is 0 Å². The van der Waals surface area contributed by atoms with Crippen LogP contribution in [0.5, 0.6) is 0 Å². The maximum absolute atomic E-state index is 12.3. The van der Waals surface area contributed by atoms with E-state index in [4.69, 9.17) is 4.74 Å². The standard InChI is InChI=1S/C14H20N2O3S/c17-20(18,16-8-10-19-11-9-16)15-12-14(6-7-14)13-4-2-1-3-5-13/h1-5,15H,6-12H2. The number of hydrogen-bond donors (Lipinski definition) is 1. The quantitative estimate of drug-likeness (QED) is 0.878. The lowest BCUT2D eigenvalue weighted by Gasteiger charge is -2.27. The highest BCUT2D eigenvalue weighted by Crippen LogP contribution is 2.47. The van der Waals surface area contributed by atoms with Gasteiger partial charge in [-0.3, -0.25) is 0 Å². The number of benzene rings is 1. The molecule has 1 heterocycles. The molecule has 1 saturated carbocycles. The smallest absolute Gasteiger partial charge is 0.279 e. The minimum absolute atomic E-state index is 0.000612. The van der Waals surface area contributed by atoms with Crippen LogP contribution in [-0.4, -0.2) is 45.6 Å². The van der Waals surface area contributed by atoms with Gasteiger partial charge >= 0.3 is 0 Å². The van der Waals surface area contributed by atoms with Gasteiger partial charge in [-0.15, -0.1) is 0 Å². The van der Waals surface area contributed by atoms with Gasteiger partial charge in [-0.2, -0.15) is 12.7 Å². The first-order valence-corrected chi connectivity index (χ1v) is 8.44. The van der Waals surface area contributed by atoms with Crippen LogP contribution in [0.2, 0.25) is 0 Å². The van der Waals surface area contributed by atoms with Crippen molar-refractivity contribution in [2.24, 2.45) is 0 Å². The largest absolute Gasteiger partial charge is 0.379 e. The molecule has 1 aliphatic carbocycles. The Kier molecular flexibility index (Phi) is 3.81. The van der Waals surface area contributed by atoms with Gasteiger partial charge in [0.25, 0.3) is 10.2 Å². The Labute approximate surface area is 120 Å². The van der Waals surface area contributed by atoms with Crippen molar-refractivity contribution in [3.05, 3.63) is 35.9 Å². The van der Waals surface area contributed by atoms with Gasteiger partial charge in [-0.25, -0.2) is 4.72 Å². The van der Waals surface area contributed by atoms with Gasteiger partial charge in [-0.05, 0) is 18.4 Å². The van der Waals surface area contributed by atoms with Crippen molar-refractivity contribution in [3.8, 4) is 0 Å². The molecular formula is C14H20N2O3S. The van der Waals surface area contributed by atoms with Crippen LogP contribution in [0.15, 0.2) is 30.3 Å². The van der Waals surface area contributed by atoms with E-state index in [1.165, 1.54) is 9.87 Å². The number of nitrogens with zero attached hydrogens (tertiary/aromatic N) is 1. The predicted molar refractivity (Wildman–Crippen MR) is 76.7 cm³/mol. The Morgan fingerprint density at radius 1 is 1.15 bits per heavy atom. The molecule has 1 N–H and O–H groups in total. The molecule has 0 unspecified atom stereocenters. The summed E-state index contributed by atoms with van der Waals surface area (Å²) >= 11 is 0. The Hall–Kier alpha value is -0.950. The van der Waals surface area contributed by atoms with Crippen LogP contribution in [0.25, 0.3) is 0 Å². The van der Waals surface area contributed by atoms with E-state index in [1.54, 1.807) is 0 Å². The summed E-state index contributed by atoms with van der Waals surface area (Å²) in [7, 11) is -3.38. The minimum atomic E-state index is -3.38. The lowest BCUT2D eigenvalue weighted by Crippen LogP contribution is -2.48. The highest BCUT2D eigenvalue weighted by Gasteiger charge is 2.45. The zero-order valence-corrected chi connectivity index (χ0v) is 12.2. The van der Waals surface area contributed by atoms with Crippen molar-refractivity contribution in [2.45, 2.75) is 18.3 Å². The Balaban J connectivity index is 1.64. The summed E-state index contributed by atoms with van der Waals surface area (Å²) in [6.45, 7) is 2.31. The Bertz CT molecular complexity index is 549. The van der Waals surface area contributed by atoms with E-state index in [1.807, 2.05) is 18.2 Å². The molecule has 0 atom stereocenters. The van der Waals surface area contributed by atoms with Crippen LogP contribution in [0.3, 0.4) is 0 Å². The van der Waals surface area contributed by atoms with Crippen LogP contribution >= 0.6 is 0 Å². The van der Waals surface area contributed by atoms with Crippen LogP contribution < -0.4 is 4.72 Å². The van der Waals surface area contributed by atoms with Crippen molar-refractivity contribution >= 4 is 10.2 Å². The average molecular weight is 296 g/mol. The van der Waals surface area contributed by atoms with Gasteiger partial charge in [0.2, 0.25) is 0 Å². The summed E-state index contributed by atoms with van der Waals surface area (Å²) < 4.78 is 33.9. The van der Waals surface area contributed by atoms with Gasteiger partial charge in [0.1, 0.15) is 0 Å². The van der Waals surface area contributed by atoms with Gasteiger partial charge in [0.05, 0.1) is 13.2 Å². The Morgan fingerprint density at radius 2 is 1.80 bits per heavy atom. The summed E-state index contributed by atoms with van der Waals surface area (Å²) in [5.41, 5.74) is 1.23. The number of nitrogens with one attached hydrogen (secondary N) is 1. The number of ether oxygens (including phenoxy) is 1. The predicted octanol–water partition coefficient (Wildman–Crippen LogP) is 0.885. The third-order valence-corrected chi connectivity index (χ3v) is 5.70. The molecule has 0 bridgehead atoms. The molecule has 1 aliphatic heterocycles. The summed E-state index contributed by atoms with van der Waals surface area (Å²) in [5, 5.41) is 0. The van der Waals surface area contributed by atoms with Crippen LogP contribution in [0.1, 0.15) is 18.4 Å². The SMILES string of the molecule is O=S(=O)(NCC1(c2ccccc2)CC1)N1CCOCC1. The van der Waals surface area contributed by atoms with Crippen molar-refractivity contribution in [1.29, 1.82) is 0 Å². The van der Waals surface area contributed by atoms with Gasteiger partial charge in [0, 0.05) is 25.0 Å². The molecule has 0 amide bonds. The minimum Gasteiger partial charge on any atom is -0.379 e. The summed E-state index contributed by atoms with van der Waals surface area (Å²) in [5.74, 6) is 0. The van der Waals surface area contributed by atoms with Gasteiger partial charge in [-0.1, -0.05) is 30.3 Å². The van der Waals surface area contributed by atoms with E-state index in [0.29, 0.717) is 32.8 Å². The number of rotatable bonds is 5. The lowest BCUT2D eigenvalue weighted by atomic mass is 9.96. The summed E-state index contributed by atoms with van der Waals surface area (Å²) in [6, 6.07) is 10.2. The number of morpholine rings is 1. The van der Waals surface area contributed by atoms with Crippen LogP contribution in [0.4, 0.5) is 0 Å². The maximum Gasteiger partial charge on any atom is 0.279 e. The molecule has 0 aromatic heterocycles. The fourth-order valence-electron chi connectivity index (χ4n) is 2.62. The highest BCUT2D eigenvalue weighted by molar-refractivity contribution is 7.87. The summed E-state index contributed by atoms with van der Waals surface area (Å²) in [4.78, 5) is 0. The zero-order valence-electron chi connectivity index (χ0n) is 11.4. The second-order valence-corrected chi connectivity index (χ2v) is 7.24. The van der Waals surface area contributed by atoms with E-state index < -0.39 is 10.2 Å². The van der Waals surface area contributed by atoms with Crippen molar-refractivity contribution < 1.29 is 13.2 Å². The normalized spacial score (nSPS) is 22.6. The third kappa shape index (κ3) is 2.88. The first-order chi connectivity index (χ1) is 9.62. The first-order valence-electron chi connectivity index (χ1n) is 7.00. The number of hydrogen-bond acceptors (Lipinski definition) is 3. The van der Waals surface area contributed by atoms with Crippen LogP contribution in [0, 0.1) is 0 Å². The highest BCUT2D eigenvalue weighted by atomic mass is 32.2. The molecule has 0 spiro atoms. The molecular weight excluding hydrogens is 276 g/mol. The molecule has 110 valence electrons. The van der Waals surface area contributed by atoms with E-state index in [-0.39, 0.29) is 5.41 Å². The monoisotopic (exact) mass is 296 g/mol. The van der Waals surface area contributed by atoms with E-state index in [9.17, 15) is 8.42 Å². The molecule has 0 radical (unpaired) electrons. The van der Waals surface area contributed by atoms with Crippen molar-refractivity contribution in [1.82, 2.24) is 9.03 Å². The fraction of sp³-hybridized carbons (Fsp3) is 0.571. The van der Waals surface area contributed by atoms with Crippen LogP contribution in [-0.2, 0) is 20.4 Å². The molecule has 5 nitrogen and oxygen atoms in total. The summed E-state index contributed by atoms with van der Waals surface area (Å²) in [6.07, 6.45) is 2.09. The second kappa shape index (κ2) is 5.44. The topological polar surface area (TPSA) is 58.6 Å². The molecule has 3 rings (SSSR count).